The summed E-state index contributed by atoms with van der Waals surface area (Å²) in [5.74, 6) is 2.22. The Kier molecular flexibility index (Phi) is 4.18. The lowest BCUT2D eigenvalue weighted by molar-refractivity contribution is -0.0781. The minimum Gasteiger partial charge on any atom is -0.488 e. The molecule has 0 spiro atoms. The average molecular weight is 365 g/mol. The molecule has 0 unspecified atom stereocenters. The molecule has 1 saturated carbocycles. The summed E-state index contributed by atoms with van der Waals surface area (Å²) in [6, 6.07) is 7.70. The van der Waals surface area contributed by atoms with E-state index in [4.69, 9.17) is 9.15 Å². The molecule has 0 amide bonds. The van der Waals surface area contributed by atoms with E-state index < -0.39 is 12.0 Å². The molecular weight excluding hydrogens is 344 g/mol. The first-order valence-electron chi connectivity index (χ1n) is 8.51. The van der Waals surface area contributed by atoms with Crippen LogP contribution in [0.1, 0.15) is 31.9 Å². The first-order chi connectivity index (χ1) is 12.0. The van der Waals surface area contributed by atoms with Gasteiger partial charge in [-0.2, -0.15) is 0 Å². The van der Waals surface area contributed by atoms with Crippen molar-refractivity contribution in [1.29, 1.82) is 0 Å². The number of hydrogen-bond acceptors (Lipinski definition) is 4. The van der Waals surface area contributed by atoms with E-state index in [1.807, 2.05) is 43.0 Å². The second-order valence-electron chi connectivity index (χ2n) is 6.81. The monoisotopic (exact) mass is 365 g/mol. The number of thioether (sulfide) groups is 1. The maximum absolute atomic E-state index is 13.6. The lowest BCUT2D eigenvalue weighted by Gasteiger charge is -2.49. The van der Waals surface area contributed by atoms with Gasteiger partial charge in [-0.15, -0.1) is 11.8 Å². The van der Waals surface area contributed by atoms with Crippen molar-refractivity contribution in [2.45, 2.75) is 45.1 Å². The second kappa shape index (κ2) is 6.24. The number of hydrogen-bond donors (Lipinski definition) is 0. The summed E-state index contributed by atoms with van der Waals surface area (Å²) in [6.45, 7) is 4.26. The Labute approximate surface area is 150 Å². The first kappa shape index (κ1) is 16.8. The fraction of sp³-hybridized carbons (Fsp3) is 0.474. The normalized spacial score (nSPS) is 19.8. The summed E-state index contributed by atoms with van der Waals surface area (Å²) in [5, 5.41) is 1.01. The van der Waals surface area contributed by atoms with E-state index in [0.29, 0.717) is 25.3 Å². The van der Waals surface area contributed by atoms with Gasteiger partial charge < -0.3 is 14.1 Å². The van der Waals surface area contributed by atoms with Crippen molar-refractivity contribution in [2.24, 2.45) is 0 Å². The van der Waals surface area contributed by atoms with E-state index in [9.17, 15) is 8.78 Å². The molecular formula is C19H21F2NO2S. The van der Waals surface area contributed by atoms with Crippen LogP contribution in [0.15, 0.2) is 39.3 Å². The molecule has 1 aliphatic carbocycles. The van der Waals surface area contributed by atoms with Gasteiger partial charge in [-0.1, -0.05) is 0 Å². The van der Waals surface area contributed by atoms with E-state index >= 15 is 0 Å². The van der Waals surface area contributed by atoms with Gasteiger partial charge >= 0.3 is 0 Å². The molecule has 1 fully saturated rings. The fourth-order valence-corrected chi connectivity index (χ4v) is 4.84. The fourth-order valence-electron chi connectivity index (χ4n) is 3.64. The molecule has 2 aliphatic rings. The number of ether oxygens (including phenoxy) is 1. The molecule has 1 aliphatic heterocycles. The predicted molar refractivity (Wildman–Crippen MR) is 96.0 cm³/mol. The Balaban J connectivity index is 1.48. The summed E-state index contributed by atoms with van der Waals surface area (Å²) in [4.78, 5) is 2.93. The van der Waals surface area contributed by atoms with E-state index in [-0.39, 0.29) is 0 Å². The van der Waals surface area contributed by atoms with E-state index in [1.165, 1.54) is 0 Å². The number of fused-ring (bicyclic) bond motifs is 1. The number of halogens is 2. The summed E-state index contributed by atoms with van der Waals surface area (Å²) < 4.78 is 38.6. The molecule has 134 valence electrons. The minimum absolute atomic E-state index is 0.411. The van der Waals surface area contributed by atoms with Crippen molar-refractivity contribution in [3.63, 3.8) is 0 Å². The van der Waals surface area contributed by atoms with Crippen molar-refractivity contribution in [1.82, 2.24) is 4.90 Å². The Bertz CT molecular complexity index is 826. The minimum atomic E-state index is -2.30. The number of rotatable bonds is 5. The standard InChI is InChI=1S/C19H21F2NO2S/c1-12-8-14-9-15(4-5-16(14)24-12)23-10-17-13(2)22(11-25-17)19(18(20)21)6-3-7-19/h4-5,8-9,18H,3,6-7,10-11H2,1-2H3. The van der Waals surface area contributed by atoms with Crippen LogP contribution in [-0.4, -0.2) is 29.3 Å². The van der Waals surface area contributed by atoms with Crippen molar-refractivity contribution in [3.05, 3.63) is 40.6 Å². The Morgan fingerprint density at radius 2 is 2.08 bits per heavy atom. The molecule has 0 N–H and O–H groups in total. The van der Waals surface area contributed by atoms with Gasteiger partial charge in [0.1, 0.15) is 29.2 Å². The number of furan rings is 1. The molecule has 0 saturated heterocycles. The highest BCUT2D eigenvalue weighted by Crippen LogP contribution is 2.49. The highest BCUT2D eigenvalue weighted by Gasteiger charge is 2.51. The third-order valence-corrected chi connectivity index (χ3v) is 6.47. The number of alkyl halides is 2. The molecule has 0 radical (unpaired) electrons. The highest BCUT2D eigenvalue weighted by atomic mass is 32.2. The second-order valence-corrected chi connectivity index (χ2v) is 7.85. The molecule has 2 heterocycles. The van der Waals surface area contributed by atoms with Crippen LogP contribution in [0.5, 0.6) is 5.75 Å². The van der Waals surface area contributed by atoms with Crippen LogP contribution >= 0.6 is 11.8 Å². The lowest BCUT2D eigenvalue weighted by Crippen LogP contribution is -2.57. The van der Waals surface area contributed by atoms with Gasteiger partial charge in [0.05, 0.1) is 5.88 Å². The third-order valence-electron chi connectivity index (χ3n) is 5.32. The van der Waals surface area contributed by atoms with Gasteiger partial charge in [-0.05, 0) is 57.4 Å². The molecule has 6 heteroatoms. The van der Waals surface area contributed by atoms with E-state index in [0.717, 1.165) is 39.5 Å². The van der Waals surface area contributed by atoms with Gasteiger partial charge in [0.15, 0.2) is 0 Å². The Morgan fingerprint density at radius 1 is 1.28 bits per heavy atom. The average Bonchev–Trinajstić information content (AvgIpc) is 3.06. The topological polar surface area (TPSA) is 25.6 Å². The zero-order chi connectivity index (χ0) is 17.6. The zero-order valence-electron chi connectivity index (χ0n) is 14.4. The molecule has 0 atom stereocenters. The quantitative estimate of drug-likeness (QED) is 0.694. The smallest absolute Gasteiger partial charge is 0.261 e. The van der Waals surface area contributed by atoms with Crippen LogP contribution in [0.2, 0.25) is 0 Å². The van der Waals surface area contributed by atoms with E-state index in [1.54, 1.807) is 11.8 Å². The van der Waals surface area contributed by atoms with Gasteiger partial charge in [-0.3, -0.25) is 0 Å². The molecule has 4 rings (SSSR count). The summed E-state index contributed by atoms with van der Waals surface area (Å²) in [7, 11) is 0. The van der Waals surface area contributed by atoms with Crippen molar-refractivity contribution < 1.29 is 17.9 Å². The summed E-state index contributed by atoms with van der Waals surface area (Å²) in [5.41, 5.74) is 0.822. The number of nitrogens with zero attached hydrogens (tertiary/aromatic N) is 1. The van der Waals surface area contributed by atoms with Gasteiger partial charge in [-0.25, -0.2) is 8.78 Å². The van der Waals surface area contributed by atoms with Crippen LogP contribution in [0.25, 0.3) is 11.0 Å². The maximum Gasteiger partial charge on any atom is 0.261 e. The lowest BCUT2D eigenvalue weighted by atomic mass is 9.75. The zero-order valence-corrected chi connectivity index (χ0v) is 15.2. The Morgan fingerprint density at radius 3 is 2.76 bits per heavy atom. The van der Waals surface area contributed by atoms with Crippen LogP contribution < -0.4 is 4.74 Å². The Hall–Kier alpha value is -1.69. The van der Waals surface area contributed by atoms with Crippen LogP contribution in [0.4, 0.5) is 8.78 Å². The molecule has 1 aromatic carbocycles. The third kappa shape index (κ3) is 2.80. The summed E-state index contributed by atoms with van der Waals surface area (Å²) >= 11 is 1.61. The van der Waals surface area contributed by atoms with Gasteiger partial charge in [0, 0.05) is 16.0 Å². The molecule has 1 aromatic heterocycles. The van der Waals surface area contributed by atoms with Gasteiger partial charge in [0.25, 0.3) is 6.43 Å². The number of aryl methyl sites for hydroxylation is 1. The van der Waals surface area contributed by atoms with E-state index in [2.05, 4.69) is 0 Å². The van der Waals surface area contributed by atoms with Crippen LogP contribution in [0, 0.1) is 6.92 Å². The van der Waals surface area contributed by atoms with Crippen LogP contribution in [0.3, 0.4) is 0 Å². The molecule has 3 nitrogen and oxygen atoms in total. The predicted octanol–water partition coefficient (Wildman–Crippen LogP) is 5.55. The largest absolute Gasteiger partial charge is 0.488 e. The van der Waals surface area contributed by atoms with Crippen molar-refractivity contribution in [3.8, 4) is 5.75 Å². The van der Waals surface area contributed by atoms with Crippen molar-refractivity contribution >= 4 is 22.7 Å². The molecule has 0 bridgehead atoms. The first-order valence-corrected chi connectivity index (χ1v) is 9.49. The molecule has 25 heavy (non-hydrogen) atoms. The van der Waals surface area contributed by atoms with Gasteiger partial charge in [0.2, 0.25) is 0 Å². The maximum atomic E-state index is 13.6. The highest BCUT2D eigenvalue weighted by molar-refractivity contribution is 8.03. The number of benzene rings is 1. The molecule has 2 aromatic rings. The van der Waals surface area contributed by atoms with Crippen molar-refractivity contribution in [2.75, 3.05) is 12.5 Å². The SMILES string of the molecule is CC1=C(COc2ccc3oc(C)cc3c2)SCN1C1(C(F)F)CCC1. The van der Waals surface area contributed by atoms with Crippen LogP contribution in [-0.2, 0) is 0 Å². The summed E-state index contributed by atoms with van der Waals surface area (Å²) in [6.07, 6.45) is -0.265. The number of allylic oxidation sites excluding steroid dienone is 1.